The number of carboxylic acid groups (broad SMARTS) is 1. The second kappa shape index (κ2) is 5.00. The lowest BCUT2D eigenvalue weighted by atomic mass is 9.60. The molecule has 1 aliphatic heterocycles. The van der Waals surface area contributed by atoms with E-state index in [2.05, 4.69) is 0 Å². The summed E-state index contributed by atoms with van der Waals surface area (Å²) in [7, 11) is 0. The summed E-state index contributed by atoms with van der Waals surface area (Å²) in [4.78, 5) is 23.6. The Morgan fingerprint density at radius 2 is 2.00 bits per heavy atom. The number of nitrogens with zero attached hydrogens (tertiary/aromatic N) is 1. The van der Waals surface area contributed by atoms with Crippen LogP contribution in [0.15, 0.2) is 11.6 Å². The van der Waals surface area contributed by atoms with Crippen LogP contribution in [0.3, 0.4) is 0 Å². The van der Waals surface area contributed by atoms with E-state index in [4.69, 9.17) is 9.84 Å². The van der Waals surface area contributed by atoms with Crippen LogP contribution in [0.5, 0.6) is 0 Å². The topological polar surface area (TPSA) is 66.8 Å². The van der Waals surface area contributed by atoms with Gasteiger partial charge in [0, 0.05) is 19.2 Å². The molecule has 0 bridgehead atoms. The van der Waals surface area contributed by atoms with E-state index in [0.29, 0.717) is 19.7 Å². The number of likely N-dealkylation sites (tertiary alicyclic amines) is 1. The van der Waals surface area contributed by atoms with Crippen molar-refractivity contribution < 1.29 is 19.4 Å². The number of piperidine rings is 1. The van der Waals surface area contributed by atoms with E-state index in [1.54, 1.807) is 13.0 Å². The van der Waals surface area contributed by atoms with Crippen LogP contribution in [-0.2, 0) is 9.53 Å². The van der Waals surface area contributed by atoms with Crippen molar-refractivity contribution in [2.24, 2.45) is 5.41 Å². The van der Waals surface area contributed by atoms with E-state index in [1.807, 2.05) is 0 Å². The molecular formula is C13H19NO4. The average molecular weight is 253 g/mol. The second-order valence-corrected chi connectivity index (χ2v) is 5.18. The fourth-order valence-electron chi connectivity index (χ4n) is 2.89. The second-order valence-electron chi connectivity index (χ2n) is 5.18. The molecule has 0 unspecified atom stereocenters. The zero-order valence-electron chi connectivity index (χ0n) is 10.6. The first-order valence-electron chi connectivity index (χ1n) is 6.39. The van der Waals surface area contributed by atoms with Crippen LogP contribution in [0, 0.1) is 5.41 Å². The maximum Gasteiger partial charge on any atom is 0.407 e. The Morgan fingerprint density at radius 1 is 1.39 bits per heavy atom. The maximum atomic E-state index is 11.3. The Bertz CT molecular complexity index is 370. The average Bonchev–Trinajstić information content (AvgIpc) is 2.28. The summed E-state index contributed by atoms with van der Waals surface area (Å²) in [6, 6.07) is 0. The van der Waals surface area contributed by atoms with E-state index < -0.39 is 6.09 Å². The molecule has 0 aromatic heterocycles. The van der Waals surface area contributed by atoms with Crippen molar-refractivity contribution in [2.75, 3.05) is 19.7 Å². The standard InChI is InChI=1S/C13H19NO4/c1-2-18-11(15)7-10-8-13(9-10)3-5-14(6-4-13)12(16)17/h7H,2-6,8-9H2,1H3,(H,16,17). The van der Waals surface area contributed by atoms with Crippen molar-refractivity contribution in [1.82, 2.24) is 4.90 Å². The lowest BCUT2D eigenvalue weighted by Gasteiger charge is -2.48. The van der Waals surface area contributed by atoms with Crippen molar-refractivity contribution >= 4 is 12.1 Å². The van der Waals surface area contributed by atoms with E-state index >= 15 is 0 Å². The predicted molar refractivity (Wildman–Crippen MR) is 65.2 cm³/mol. The number of carbonyl (C=O) groups is 2. The molecule has 5 heteroatoms. The number of allylic oxidation sites excluding steroid dienone is 1. The van der Waals surface area contributed by atoms with Crippen LogP contribution in [0.1, 0.15) is 32.6 Å². The first-order valence-corrected chi connectivity index (χ1v) is 6.39. The number of esters is 1. The van der Waals surface area contributed by atoms with Gasteiger partial charge in [0.05, 0.1) is 6.61 Å². The van der Waals surface area contributed by atoms with E-state index in [9.17, 15) is 9.59 Å². The molecule has 1 N–H and O–H groups in total. The molecule has 0 atom stereocenters. The highest BCUT2D eigenvalue weighted by atomic mass is 16.5. The molecule has 2 rings (SSSR count). The van der Waals surface area contributed by atoms with Crippen molar-refractivity contribution in [3.8, 4) is 0 Å². The van der Waals surface area contributed by atoms with Crippen LogP contribution in [-0.4, -0.2) is 41.8 Å². The Morgan fingerprint density at radius 3 is 2.50 bits per heavy atom. The molecule has 1 heterocycles. The normalized spacial score (nSPS) is 21.4. The molecule has 1 amide bonds. The fraction of sp³-hybridized carbons (Fsp3) is 0.692. The zero-order valence-corrected chi connectivity index (χ0v) is 10.6. The van der Waals surface area contributed by atoms with Gasteiger partial charge in [0.1, 0.15) is 0 Å². The summed E-state index contributed by atoms with van der Waals surface area (Å²) in [5.41, 5.74) is 1.38. The van der Waals surface area contributed by atoms with Gasteiger partial charge in [-0.3, -0.25) is 0 Å². The minimum atomic E-state index is -0.827. The van der Waals surface area contributed by atoms with Gasteiger partial charge in [-0.1, -0.05) is 5.57 Å². The molecule has 100 valence electrons. The number of hydrogen-bond acceptors (Lipinski definition) is 3. The third-order valence-electron chi connectivity index (χ3n) is 3.91. The summed E-state index contributed by atoms with van der Waals surface area (Å²) >= 11 is 0. The number of rotatable bonds is 2. The zero-order chi connectivity index (χ0) is 13.2. The third kappa shape index (κ3) is 2.66. The Kier molecular flexibility index (Phi) is 3.59. The molecule has 1 aliphatic carbocycles. The van der Waals surface area contributed by atoms with E-state index in [-0.39, 0.29) is 11.4 Å². The van der Waals surface area contributed by atoms with Crippen LogP contribution in [0.2, 0.25) is 0 Å². The van der Waals surface area contributed by atoms with Gasteiger partial charge in [0.15, 0.2) is 0 Å². The summed E-state index contributed by atoms with van der Waals surface area (Å²) in [5.74, 6) is -0.259. The van der Waals surface area contributed by atoms with Gasteiger partial charge in [-0.05, 0) is 38.0 Å². The maximum absolute atomic E-state index is 11.3. The number of hydrogen-bond donors (Lipinski definition) is 1. The predicted octanol–water partition coefficient (Wildman–Crippen LogP) is 2.03. The summed E-state index contributed by atoms with van der Waals surface area (Å²) < 4.78 is 4.87. The van der Waals surface area contributed by atoms with Gasteiger partial charge < -0.3 is 14.7 Å². The molecule has 5 nitrogen and oxygen atoms in total. The van der Waals surface area contributed by atoms with E-state index in [0.717, 1.165) is 31.3 Å². The highest BCUT2D eigenvalue weighted by molar-refractivity contribution is 5.83. The molecule has 2 fully saturated rings. The van der Waals surface area contributed by atoms with Gasteiger partial charge in [-0.2, -0.15) is 0 Å². The summed E-state index contributed by atoms with van der Waals surface area (Å²) in [5, 5.41) is 8.88. The summed E-state index contributed by atoms with van der Waals surface area (Å²) in [6.07, 6.45) is 4.40. The highest BCUT2D eigenvalue weighted by Gasteiger charge is 2.43. The number of carbonyl (C=O) groups excluding carboxylic acids is 1. The van der Waals surface area contributed by atoms with Crippen molar-refractivity contribution in [2.45, 2.75) is 32.6 Å². The SMILES string of the molecule is CCOC(=O)C=C1CC2(CCN(C(=O)O)CC2)C1. The quantitative estimate of drug-likeness (QED) is 0.604. The van der Waals surface area contributed by atoms with Crippen LogP contribution in [0.4, 0.5) is 4.79 Å². The molecule has 2 aliphatic rings. The monoisotopic (exact) mass is 253 g/mol. The van der Waals surface area contributed by atoms with Gasteiger partial charge in [-0.25, -0.2) is 9.59 Å². The molecule has 18 heavy (non-hydrogen) atoms. The molecule has 0 radical (unpaired) electrons. The first-order chi connectivity index (χ1) is 8.54. The van der Waals surface area contributed by atoms with Crippen LogP contribution >= 0.6 is 0 Å². The molecule has 1 saturated heterocycles. The lowest BCUT2D eigenvalue weighted by molar-refractivity contribution is -0.137. The Hall–Kier alpha value is -1.52. The molecule has 1 saturated carbocycles. The van der Waals surface area contributed by atoms with Crippen molar-refractivity contribution in [1.29, 1.82) is 0 Å². The number of amides is 1. The molecule has 0 aromatic rings. The van der Waals surface area contributed by atoms with Gasteiger partial charge >= 0.3 is 12.1 Å². The molecule has 1 spiro atoms. The fourth-order valence-corrected chi connectivity index (χ4v) is 2.89. The summed E-state index contributed by atoms with van der Waals surface area (Å²) in [6.45, 7) is 3.42. The minimum Gasteiger partial charge on any atom is -0.465 e. The van der Waals surface area contributed by atoms with Crippen molar-refractivity contribution in [3.05, 3.63) is 11.6 Å². The van der Waals surface area contributed by atoms with Crippen molar-refractivity contribution in [3.63, 3.8) is 0 Å². The molecule has 0 aromatic carbocycles. The number of ether oxygens (including phenoxy) is 1. The van der Waals surface area contributed by atoms with Crippen LogP contribution < -0.4 is 0 Å². The third-order valence-corrected chi connectivity index (χ3v) is 3.91. The lowest BCUT2D eigenvalue weighted by Crippen LogP contribution is -2.46. The molecular weight excluding hydrogens is 234 g/mol. The Balaban J connectivity index is 1.82. The Labute approximate surface area is 106 Å². The van der Waals surface area contributed by atoms with Gasteiger partial charge in [-0.15, -0.1) is 0 Å². The highest BCUT2D eigenvalue weighted by Crippen LogP contribution is 2.52. The largest absolute Gasteiger partial charge is 0.465 e. The first kappa shape index (κ1) is 12.9. The smallest absolute Gasteiger partial charge is 0.407 e. The minimum absolute atomic E-state index is 0.240. The van der Waals surface area contributed by atoms with Gasteiger partial charge in [0.25, 0.3) is 0 Å². The van der Waals surface area contributed by atoms with Gasteiger partial charge in [0.2, 0.25) is 0 Å². The van der Waals surface area contributed by atoms with Crippen LogP contribution in [0.25, 0.3) is 0 Å². The van der Waals surface area contributed by atoms with E-state index in [1.165, 1.54) is 4.90 Å².